The predicted octanol–water partition coefficient (Wildman–Crippen LogP) is 1.83. The summed E-state index contributed by atoms with van der Waals surface area (Å²) in [6.45, 7) is 11.2. The first kappa shape index (κ1) is 15.7. The number of nitrogens with one attached hydrogen (secondary N) is 2. The number of rotatable bonds is 4. The third kappa shape index (κ3) is 5.56. The van der Waals surface area contributed by atoms with Crippen molar-refractivity contribution in [2.24, 2.45) is 11.3 Å². The predicted molar refractivity (Wildman–Crippen MR) is 66.8 cm³/mol. The lowest BCUT2D eigenvalue weighted by Crippen LogP contribution is -2.54. The van der Waals surface area contributed by atoms with Gasteiger partial charge in [0.1, 0.15) is 6.04 Å². The van der Waals surface area contributed by atoms with Crippen molar-refractivity contribution >= 4 is 12.0 Å². The zero-order valence-electron chi connectivity index (χ0n) is 11.5. The quantitative estimate of drug-likeness (QED) is 0.706. The number of hydrogen-bond acceptors (Lipinski definition) is 2. The Kier molecular flexibility index (Phi) is 5.45. The van der Waals surface area contributed by atoms with Gasteiger partial charge in [-0.15, -0.1) is 0 Å². The average molecular weight is 244 g/mol. The number of carbonyl (C=O) groups excluding carboxylic acids is 1. The molecule has 1 unspecified atom stereocenters. The molecule has 0 saturated carbocycles. The van der Waals surface area contributed by atoms with E-state index in [-0.39, 0.29) is 6.04 Å². The highest BCUT2D eigenvalue weighted by Crippen LogP contribution is 2.19. The van der Waals surface area contributed by atoms with Crippen LogP contribution in [0.1, 0.15) is 41.5 Å². The van der Waals surface area contributed by atoms with E-state index in [0.29, 0.717) is 5.92 Å². The van der Waals surface area contributed by atoms with Crippen LogP contribution in [0.25, 0.3) is 0 Å². The molecule has 0 aliphatic carbocycles. The first-order valence-electron chi connectivity index (χ1n) is 5.85. The van der Waals surface area contributed by atoms with Crippen LogP contribution in [0.5, 0.6) is 0 Å². The minimum atomic E-state index is -1.02. The minimum Gasteiger partial charge on any atom is -0.480 e. The molecule has 5 nitrogen and oxygen atoms in total. The Morgan fingerprint density at radius 1 is 1.06 bits per heavy atom. The number of carbonyl (C=O) groups is 2. The van der Waals surface area contributed by atoms with Gasteiger partial charge in [0.05, 0.1) is 0 Å². The van der Waals surface area contributed by atoms with E-state index in [2.05, 4.69) is 10.6 Å². The molecule has 0 saturated heterocycles. The van der Waals surface area contributed by atoms with E-state index in [4.69, 9.17) is 5.11 Å². The van der Waals surface area contributed by atoms with E-state index in [0.717, 1.165) is 0 Å². The fourth-order valence-corrected chi connectivity index (χ4v) is 1.19. The van der Waals surface area contributed by atoms with E-state index in [1.807, 2.05) is 20.8 Å². The number of hydrogen-bond donors (Lipinski definition) is 3. The first-order valence-corrected chi connectivity index (χ1v) is 5.85. The molecule has 17 heavy (non-hydrogen) atoms. The van der Waals surface area contributed by atoms with Crippen LogP contribution < -0.4 is 10.6 Å². The summed E-state index contributed by atoms with van der Waals surface area (Å²) in [4.78, 5) is 22.7. The summed E-state index contributed by atoms with van der Waals surface area (Å²) in [5, 5.41) is 14.3. The molecule has 0 spiro atoms. The normalized spacial score (nSPS) is 15.2. The number of amides is 2. The van der Waals surface area contributed by atoms with Crippen LogP contribution in [0.4, 0.5) is 4.79 Å². The van der Waals surface area contributed by atoms with Crippen LogP contribution in [-0.2, 0) is 4.79 Å². The summed E-state index contributed by atoms with van der Waals surface area (Å²) in [7, 11) is 0. The molecule has 2 amide bonds. The molecule has 0 aromatic heterocycles. The van der Waals surface area contributed by atoms with Crippen LogP contribution in [0.3, 0.4) is 0 Å². The molecule has 2 atom stereocenters. The average Bonchev–Trinajstić information content (AvgIpc) is 2.11. The first-order chi connectivity index (χ1) is 7.55. The van der Waals surface area contributed by atoms with Crippen molar-refractivity contribution in [2.75, 3.05) is 0 Å². The summed E-state index contributed by atoms with van der Waals surface area (Å²) in [6, 6.07) is -1.33. The van der Waals surface area contributed by atoms with Gasteiger partial charge >= 0.3 is 12.0 Å². The highest BCUT2D eigenvalue weighted by molar-refractivity contribution is 5.83. The van der Waals surface area contributed by atoms with Crippen LogP contribution in [0.2, 0.25) is 0 Å². The second-order valence-electron chi connectivity index (χ2n) is 5.79. The third-order valence-corrected chi connectivity index (χ3v) is 2.75. The number of urea groups is 1. The molecule has 0 radical (unpaired) electrons. The molecule has 0 bridgehead atoms. The Balaban J connectivity index is 4.49. The molecule has 0 rings (SSSR count). The molecular weight excluding hydrogens is 220 g/mol. The summed E-state index contributed by atoms with van der Waals surface area (Å²) < 4.78 is 0. The molecule has 0 fully saturated rings. The second kappa shape index (κ2) is 5.89. The Hall–Kier alpha value is -1.26. The second-order valence-corrected chi connectivity index (χ2v) is 5.79. The van der Waals surface area contributed by atoms with Crippen molar-refractivity contribution in [3.8, 4) is 0 Å². The molecule has 0 aromatic carbocycles. The van der Waals surface area contributed by atoms with Crippen LogP contribution in [0.15, 0.2) is 0 Å². The molecule has 5 heteroatoms. The minimum absolute atomic E-state index is 0.00409. The summed E-state index contributed by atoms with van der Waals surface area (Å²) >= 11 is 0. The van der Waals surface area contributed by atoms with Crippen molar-refractivity contribution < 1.29 is 14.7 Å². The fourth-order valence-electron chi connectivity index (χ4n) is 1.19. The van der Waals surface area contributed by atoms with Gasteiger partial charge < -0.3 is 15.7 Å². The summed E-state index contributed by atoms with van der Waals surface area (Å²) in [5.74, 6) is -0.719. The van der Waals surface area contributed by atoms with Crippen LogP contribution >= 0.6 is 0 Å². The molecular formula is C12H24N2O3. The molecule has 100 valence electrons. The van der Waals surface area contributed by atoms with Gasteiger partial charge in [0, 0.05) is 6.04 Å². The molecule has 0 aromatic rings. The van der Waals surface area contributed by atoms with Gasteiger partial charge in [-0.2, -0.15) is 0 Å². The van der Waals surface area contributed by atoms with Crippen LogP contribution in [-0.4, -0.2) is 29.2 Å². The van der Waals surface area contributed by atoms with Crippen molar-refractivity contribution in [3.63, 3.8) is 0 Å². The largest absolute Gasteiger partial charge is 0.480 e. The SMILES string of the molecule is CC(C)C(C)NC(=O)N[C@@H](C(=O)O)C(C)(C)C. The van der Waals surface area contributed by atoms with Gasteiger partial charge in [-0.25, -0.2) is 9.59 Å². The van der Waals surface area contributed by atoms with Crippen LogP contribution in [0, 0.1) is 11.3 Å². The summed E-state index contributed by atoms with van der Waals surface area (Å²) in [5.41, 5.74) is -0.524. The van der Waals surface area contributed by atoms with Crippen molar-refractivity contribution in [2.45, 2.75) is 53.6 Å². The van der Waals surface area contributed by atoms with Gasteiger partial charge in [0.25, 0.3) is 0 Å². The Labute approximate surface area is 103 Å². The van der Waals surface area contributed by atoms with E-state index in [9.17, 15) is 9.59 Å². The van der Waals surface area contributed by atoms with E-state index in [1.54, 1.807) is 20.8 Å². The monoisotopic (exact) mass is 244 g/mol. The maximum atomic E-state index is 11.6. The maximum Gasteiger partial charge on any atom is 0.326 e. The topological polar surface area (TPSA) is 78.4 Å². The van der Waals surface area contributed by atoms with Crippen molar-refractivity contribution in [1.82, 2.24) is 10.6 Å². The van der Waals surface area contributed by atoms with Gasteiger partial charge in [-0.05, 0) is 18.3 Å². The lowest BCUT2D eigenvalue weighted by molar-refractivity contribution is -0.141. The maximum absolute atomic E-state index is 11.6. The van der Waals surface area contributed by atoms with E-state index in [1.165, 1.54) is 0 Å². The zero-order valence-corrected chi connectivity index (χ0v) is 11.5. The third-order valence-electron chi connectivity index (χ3n) is 2.75. The van der Waals surface area contributed by atoms with E-state index < -0.39 is 23.5 Å². The zero-order chi connectivity index (χ0) is 13.8. The lowest BCUT2D eigenvalue weighted by Gasteiger charge is -2.28. The Bertz CT molecular complexity index is 282. The van der Waals surface area contributed by atoms with Crippen molar-refractivity contribution in [1.29, 1.82) is 0 Å². The lowest BCUT2D eigenvalue weighted by atomic mass is 9.87. The van der Waals surface area contributed by atoms with Gasteiger partial charge in [-0.1, -0.05) is 34.6 Å². The van der Waals surface area contributed by atoms with E-state index >= 15 is 0 Å². The fraction of sp³-hybridized carbons (Fsp3) is 0.833. The highest BCUT2D eigenvalue weighted by atomic mass is 16.4. The molecule has 0 heterocycles. The smallest absolute Gasteiger partial charge is 0.326 e. The Morgan fingerprint density at radius 2 is 1.53 bits per heavy atom. The summed E-state index contributed by atoms with van der Waals surface area (Å²) in [6.07, 6.45) is 0. The number of carboxylic acid groups (broad SMARTS) is 1. The highest BCUT2D eigenvalue weighted by Gasteiger charge is 2.32. The molecule has 3 N–H and O–H groups in total. The Morgan fingerprint density at radius 3 is 1.82 bits per heavy atom. The van der Waals surface area contributed by atoms with Gasteiger partial charge in [-0.3, -0.25) is 0 Å². The standard InChI is InChI=1S/C12H24N2O3/c1-7(2)8(3)13-11(17)14-9(10(15)16)12(4,5)6/h7-9H,1-6H3,(H,15,16)(H2,13,14,17)/t8?,9-/m0/s1. The van der Waals surface area contributed by atoms with Gasteiger partial charge in [0.15, 0.2) is 0 Å². The van der Waals surface area contributed by atoms with Crippen molar-refractivity contribution in [3.05, 3.63) is 0 Å². The molecule has 0 aliphatic rings. The molecule has 0 aliphatic heterocycles. The number of aliphatic carboxylic acids is 1. The van der Waals surface area contributed by atoms with Gasteiger partial charge in [0.2, 0.25) is 0 Å². The number of carboxylic acids is 1.